The summed E-state index contributed by atoms with van der Waals surface area (Å²) in [5.74, 6) is 0. The fourth-order valence-electron chi connectivity index (χ4n) is 1.93. The van der Waals surface area contributed by atoms with Crippen LogP contribution >= 0.6 is 0 Å². The van der Waals surface area contributed by atoms with Gasteiger partial charge in [-0.05, 0) is 26.3 Å². The molecule has 0 aromatic rings. The van der Waals surface area contributed by atoms with Gasteiger partial charge in [0.25, 0.3) is 0 Å². The van der Waals surface area contributed by atoms with E-state index in [2.05, 4.69) is 4.90 Å². The summed E-state index contributed by atoms with van der Waals surface area (Å²) in [5, 5.41) is 8.82. The third-order valence-electron chi connectivity index (χ3n) is 2.68. The van der Waals surface area contributed by atoms with Crippen LogP contribution in [0, 0.1) is 0 Å². The van der Waals surface area contributed by atoms with E-state index in [1.165, 1.54) is 0 Å². The average molecular weight is 202 g/mol. The van der Waals surface area contributed by atoms with Gasteiger partial charge >= 0.3 is 6.09 Å². The Hall–Kier alpha value is -0.810. The molecule has 3 N–H and O–H groups in total. The number of nitrogens with two attached hydrogens (primary N) is 1. The SMILES string of the molecule is CN1CC(OC(N)=O)CCC1CCO. The lowest BCUT2D eigenvalue weighted by atomic mass is 9.98. The summed E-state index contributed by atoms with van der Waals surface area (Å²) >= 11 is 0. The number of ether oxygens (including phenoxy) is 1. The quantitative estimate of drug-likeness (QED) is 0.671. The van der Waals surface area contributed by atoms with Gasteiger partial charge in [0.05, 0.1) is 0 Å². The van der Waals surface area contributed by atoms with Gasteiger partial charge in [-0.2, -0.15) is 0 Å². The molecule has 0 radical (unpaired) electrons. The molecule has 1 fully saturated rings. The van der Waals surface area contributed by atoms with Crippen LogP contribution in [-0.2, 0) is 4.74 Å². The van der Waals surface area contributed by atoms with Crippen LogP contribution in [-0.4, -0.2) is 48.4 Å². The Labute approximate surface area is 83.8 Å². The first-order valence-electron chi connectivity index (χ1n) is 4.90. The minimum Gasteiger partial charge on any atom is -0.445 e. The molecular formula is C9H18N2O3. The number of rotatable bonds is 3. The van der Waals surface area contributed by atoms with Crippen molar-refractivity contribution in [2.45, 2.75) is 31.4 Å². The minimum atomic E-state index is -0.705. The molecule has 1 saturated heterocycles. The number of carbonyl (C=O) groups excluding carboxylic acids is 1. The minimum absolute atomic E-state index is 0.0903. The van der Waals surface area contributed by atoms with Gasteiger partial charge in [-0.1, -0.05) is 0 Å². The molecule has 1 amide bonds. The molecule has 0 saturated carbocycles. The molecule has 1 aliphatic heterocycles. The fourth-order valence-corrected chi connectivity index (χ4v) is 1.93. The number of aliphatic hydroxyl groups excluding tert-OH is 1. The van der Waals surface area contributed by atoms with E-state index in [0.29, 0.717) is 12.6 Å². The summed E-state index contributed by atoms with van der Waals surface area (Å²) in [6.07, 6.45) is 1.75. The van der Waals surface area contributed by atoms with Gasteiger partial charge in [0.15, 0.2) is 0 Å². The number of hydrogen-bond donors (Lipinski definition) is 2. The zero-order valence-corrected chi connectivity index (χ0v) is 8.48. The lowest BCUT2D eigenvalue weighted by Gasteiger charge is -2.36. The summed E-state index contributed by atoms with van der Waals surface area (Å²) in [6, 6.07) is 0.396. The first-order chi connectivity index (χ1) is 6.63. The van der Waals surface area contributed by atoms with E-state index in [0.717, 1.165) is 19.3 Å². The van der Waals surface area contributed by atoms with E-state index >= 15 is 0 Å². The van der Waals surface area contributed by atoms with Crippen LogP contribution in [0.1, 0.15) is 19.3 Å². The Bertz CT molecular complexity index is 198. The monoisotopic (exact) mass is 202 g/mol. The third-order valence-corrected chi connectivity index (χ3v) is 2.68. The first-order valence-corrected chi connectivity index (χ1v) is 4.90. The first kappa shape index (κ1) is 11.3. The third kappa shape index (κ3) is 3.16. The molecule has 0 aliphatic carbocycles. The summed E-state index contributed by atoms with van der Waals surface area (Å²) in [5.41, 5.74) is 4.94. The molecule has 0 bridgehead atoms. The molecular weight excluding hydrogens is 184 g/mol. The maximum atomic E-state index is 10.5. The predicted octanol–water partition coefficient (Wildman–Crippen LogP) is -0.0731. The Kier molecular flexibility index (Phi) is 4.16. The summed E-state index contributed by atoms with van der Waals surface area (Å²) in [4.78, 5) is 12.6. The zero-order chi connectivity index (χ0) is 10.6. The molecule has 14 heavy (non-hydrogen) atoms. The number of nitrogens with zero attached hydrogens (tertiary/aromatic N) is 1. The van der Waals surface area contributed by atoms with Crippen LogP contribution in [0.15, 0.2) is 0 Å². The zero-order valence-electron chi connectivity index (χ0n) is 8.48. The highest BCUT2D eigenvalue weighted by atomic mass is 16.6. The highest BCUT2D eigenvalue weighted by Gasteiger charge is 2.26. The number of likely N-dealkylation sites (N-methyl/N-ethyl adjacent to an activating group) is 1. The van der Waals surface area contributed by atoms with Gasteiger partial charge in [0.2, 0.25) is 0 Å². The molecule has 1 rings (SSSR count). The normalized spacial score (nSPS) is 28.7. The van der Waals surface area contributed by atoms with Crippen molar-refractivity contribution in [3.05, 3.63) is 0 Å². The lowest BCUT2D eigenvalue weighted by molar-refractivity contribution is 0.0270. The number of piperidine rings is 1. The van der Waals surface area contributed by atoms with E-state index in [1.54, 1.807) is 0 Å². The van der Waals surface area contributed by atoms with E-state index in [1.807, 2.05) is 7.05 Å². The molecule has 5 nitrogen and oxygen atoms in total. The van der Waals surface area contributed by atoms with Crippen LogP contribution in [0.2, 0.25) is 0 Å². The molecule has 2 atom stereocenters. The number of amides is 1. The van der Waals surface area contributed by atoms with Crippen LogP contribution in [0.5, 0.6) is 0 Å². The summed E-state index contributed by atoms with van der Waals surface area (Å²) in [6.45, 7) is 0.907. The van der Waals surface area contributed by atoms with Crippen molar-refractivity contribution in [3.8, 4) is 0 Å². The van der Waals surface area contributed by atoms with Crippen molar-refractivity contribution in [1.82, 2.24) is 4.90 Å². The largest absolute Gasteiger partial charge is 0.445 e. The van der Waals surface area contributed by atoms with E-state index < -0.39 is 6.09 Å². The Morgan fingerprint density at radius 3 is 2.86 bits per heavy atom. The van der Waals surface area contributed by atoms with Gasteiger partial charge in [-0.15, -0.1) is 0 Å². The van der Waals surface area contributed by atoms with Crippen molar-refractivity contribution in [3.63, 3.8) is 0 Å². The molecule has 0 aromatic heterocycles. The van der Waals surface area contributed by atoms with Crippen molar-refractivity contribution in [1.29, 1.82) is 0 Å². The second-order valence-electron chi connectivity index (χ2n) is 3.74. The van der Waals surface area contributed by atoms with Gasteiger partial charge in [-0.3, -0.25) is 4.90 Å². The van der Waals surface area contributed by atoms with E-state index in [9.17, 15) is 4.79 Å². The second-order valence-corrected chi connectivity index (χ2v) is 3.74. The van der Waals surface area contributed by atoms with Crippen LogP contribution < -0.4 is 5.73 Å². The smallest absolute Gasteiger partial charge is 0.404 e. The van der Waals surface area contributed by atoms with Gasteiger partial charge in [0.1, 0.15) is 6.10 Å². The molecule has 1 aliphatic rings. The molecule has 82 valence electrons. The van der Waals surface area contributed by atoms with Crippen LogP contribution in [0.25, 0.3) is 0 Å². The molecule has 0 spiro atoms. The van der Waals surface area contributed by atoms with Gasteiger partial charge in [0, 0.05) is 19.2 Å². The summed E-state index contributed by atoms with van der Waals surface area (Å²) < 4.78 is 4.92. The number of carbonyl (C=O) groups is 1. The van der Waals surface area contributed by atoms with Gasteiger partial charge < -0.3 is 15.6 Å². The topological polar surface area (TPSA) is 75.8 Å². The number of hydrogen-bond acceptors (Lipinski definition) is 4. The maximum absolute atomic E-state index is 10.5. The summed E-state index contributed by atoms with van der Waals surface area (Å²) in [7, 11) is 1.97. The Morgan fingerprint density at radius 1 is 1.64 bits per heavy atom. The van der Waals surface area contributed by atoms with Gasteiger partial charge in [-0.25, -0.2) is 4.79 Å². The van der Waals surface area contributed by atoms with Crippen molar-refractivity contribution in [2.75, 3.05) is 20.2 Å². The predicted molar refractivity (Wildman–Crippen MR) is 51.8 cm³/mol. The molecule has 1 heterocycles. The number of likely N-dealkylation sites (tertiary alicyclic amines) is 1. The number of aliphatic hydroxyl groups is 1. The van der Waals surface area contributed by atoms with E-state index in [-0.39, 0.29) is 12.7 Å². The Balaban J connectivity index is 2.34. The molecule has 0 aromatic carbocycles. The Morgan fingerprint density at radius 2 is 2.36 bits per heavy atom. The average Bonchev–Trinajstić information content (AvgIpc) is 2.09. The highest BCUT2D eigenvalue weighted by molar-refractivity contribution is 5.64. The van der Waals surface area contributed by atoms with Crippen LogP contribution in [0.4, 0.5) is 4.79 Å². The van der Waals surface area contributed by atoms with Crippen molar-refractivity contribution in [2.24, 2.45) is 5.73 Å². The standard InChI is InChI=1S/C9H18N2O3/c1-11-6-8(14-9(10)13)3-2-7(11)4-5-12/h7-8,12H,2-6H2,1H3,(H2,10,13). The lowest BCUT2D eigenvalue weighted by Crippen LogP contribution is -2.45. The molecule has 2 unspecified atom stereocenters. The van der Waals surface area contributed by atoms with E-state index in [4.69, 9.17) is 15.6 Å². The van der Waals surface area contributed by atoms with Crippen molar-refractivity contribution >= 4 is 6.09 Å². The van der Waals surface area contributed by atoms with Crippen molar-refractivity contribution < 1.29 is 14.6 Å². The maximum Gasteiger partial charge on any atom is 0.404 e. The molecule has 5 heteroatoms. The second kappa shape index (κ2) is 5.17. The number of primary amides is 1. The highest BCUT2D eigenvalue weighted by Crippen LogP contribution is 2.19. The van der Waals surface area contributed by atoms with Crippen LogP contribution in [0.3, 0.4) is 0 Å². The fraction of sp³-hybridized carbons (Fsp3) is 0.889.